The molecule has 2 aromatic heterocycles. The van der Waals surface area contributed by atoms with Gasteiger partial charge >= 0.3 is 34.8 Å². The maximum absolute atomic E-state index is 11.6. The van der Waals surface area contributed by atoms with Gasteiger partial charge in [0.15, 0.2) is 0 Å². The number of oxazole rings is 2. The number of H-pyrrole nitrogens is 2. The molecule has 4 aromatic carbocycles. The molecule has 2 N–H and O–H groups in total. The minimum atomic E-state index is -0.0437. The molecule has 0 atom stereocenters. The van der Waals surface area contributed by atoms with Gasteiger partial charge in [-0.2, -0.15) is 9.97 Å². The number of aromatic nitrogens is 2. The predicted molar refractivity (Wildman–Crippen MR) is 121 cm³/mol. The first kappa shape index (κ1) is 22.4. The minimum absolute atomic E-state index is 0. The molecule has 0 radical (unpaired) electrons. The van der Waals surface area contributed by atoms with Crippen molar-refractivity contribution in [2.75, 3.05) is 0 Å². The molecule has 0 saturated carbocycles. The summed E-state index contributed by atoms with van der Waals surface area (Å²) in [5.74, 6) is 0.925. The number of aromatic amines is 2. The third kappa shape index (κ3) is 4.69. The molecule has 0 saturated heterocycles. The van der Waals surface area contributed by atoms with Gasteiger partial charge in [-0.1, -0.05) is 72.2 Å². The Balaban J connectivity index is 0.000000152. The van der Waals surface area contributed by atoms with E-state index in [1.54, 1.807) is 24.3 Å². The van der Waals surface area contributed by atoms with Crippen LogP contribution in [-0.4, -0.2) is 23.1 Å². The fraction of sp³-hybridized carbons (Fsp3) is 0. The Morgan fingerprint density at radius 3 is 1.24 bits per heavy atom. The number of hydrogen-bond donors (Lipinski definition) is 0. The fourth-order valence-electron chi connectivity index (χ4n) is 3.39. The van der Waals surface area contributed by atoms with E-state index in [0.29, 0.717) is 22.9 Å². The van der Waals surface area contributed by atoms with Crippen LogP contribution in [0.15, 0.2) is 106 Å². The first-order valence-corrected chi connectivity index (χ1v) is 10.0. The zero-order valence-electron chi connectivity index (χ0n) is 17.6. The van der Waals surface area contributed by atoms with Gasteiger partial charge in [0.05, 0.1) is 11.1 Å². The van der Waals surface area contributed by atoms with Crippen molar-refractivity contribution < 1.29 is 29.0 Å². The zero-order chi connectivity index (χ0) is 21.9. The molecule has 0 bridgehead atoms. The van der Waals surface area contributed by atoms with Gasteiger partial charge in [-0.3, -0.25) is 0 Å². The van der Waals surface area contributed by atoms with Crippen LogP contribution in [0.4, 0.5) is 0 Å². The maximum Gasteiger partial charge on any atom is 2.00 e. The van der Waals surface area contributed by atoms with Crippen molar-refractivity contribution in [3.05, 3.63) is 97.1 Å². The van der Waals surface area contributed by atoms with Crippen molar-refractivity contribution in [2.45, 2.75) is 0 Å². The molecule has 156 valence electrons. The second-order valence-electron chi connectivity index (χ2n) is 7.10. The van der Waals surface area contributed by atoms with Crippen molar-refractivity contribution in [2.24, 2.45) is 0 Å². The van der Waals surface area contributed by atoms with Gasteiger partial charge in [-0.15, -0.1) is 0 Å². The monoisotopic (exact) mass is 446 g/mol. The number of benzene rings is 4. The van der Waals surface area contributed by atoms with Crippen molar-refractivity contribution >= 4 is 45.3 Å². The summed E-state index contributed by atoms with van der Waals surface area (Å²) >= 11 is 0. The third-order valence-corrected chi connectivity index (χ3v) is 4.96. The molecular weight excluding hydrogens is 429 g/mol. The van der Waals surface area contributed by atoms with E-state index < -0.39 is 0 Å². The van der Waals surface area contributed by atoms with Gasteiger partial charge in [0, 0.05) is 12.1 Å². The van der Waals surface area contributed by atoms with E-state index in [2.05, 4.69) is 9.97 Å². The van der Waals surface area contributed by atoms with Crippen molar-refractivity contribution in [1.29, 1.82) is 0 Å². The van der Waals surface area contributed by atoms with Crippen LogP contribution in [0, 0.1) is 0 Å². The molecule has 0 aliphatic rings. The van der Waals surface area contributed by atoms with Crippen LogP contribution in [0.3, 0.4) is 0 Å². The zero-order valence-corrected chi connectivity index (χ0v) is 19.0. The molecule has 2 heterocycles. The minimum Gasteiger partial charge on any atom is -0.872 e. The van der Waals surface area contributed by atoms with Gasteiger partial charge in [0.2, 0.25) is 22.2 Å². The van der Waals surface area contributed by atoms with Gasteiger partial charge in [-0.05, 0) is 24.3 Å². The van der Waals surface area contributed by atoms with E-state index in [9.17, 15) is 10.2 Å². The van der Waals surface area contributed by atoms with Gasteiger partial charge in [0.1, 0.15) is 0 Å². The smallest absolute Gasteiger partial charge is 0.872 e. The van der Waals surface area contributed by atoms with Crippen LogP contribution >= 0.6 is 0 Å². The summed E-state index contributed by atoms with van der Waals surface area (Å²) in [6, 6.07) is 28.8. The topological polar surface area (TPSA) is 101 Å². The average Bonchev–Trinajstić information content (AvgIpc) is 3.44. The third-order valence-electron chi connectivity index (χ3n) is 4.96. The SMILES string of the molecule is [Mg+2].[O-]c1ccccc1-c1[nH+]c2ccccc2o1.[O-]c1ccccc1-c1[nH+]c2ccccc2o1. The van der Waals surface area contributed by atoms with Crippen molar-refractivity contribution in [1.82, 2.24) is 0 Å². The molecule has 0 amide bonds. The summed E-state index contributed by atoms with van der Waals surface area (Å²) in [5, 5.41) is 23.2. The van der Waals surface area contributed by atoms with Gasteiger partial charge in [0.25, 0.3) is 0 Å². The van der Waals surface area contributed by atoms with Crippen LogP contribution in [0.1, 0.15) is 0 Å². The Hall–Kier alpha value is -3.81. The van der Waals surface area contributed by atoms with Crippen LogP contribution in [-0.2, 0) is 0 Å². The summed E-state index contributed by atoms with van der Waals surface area (Å²) in [6.45, 7) is 0. The summed E-state index contributed by atoms with van der Waals surface area (Å²) in [4.78, 5) is 6.17. The van der Waals surface area contributed by atoms with Crippen LogP contribution in [0.25, 0.3) is 45.1 Å². The molecule has 6 rings (SSSR count). The normalized spacial score (nSPS) is 10.4. The molecule has 0 fully saturated rings. The predicted octanol–water partition coefficient (Wildman–Crippen LogP) is 3.59. The first-order chi connectivity index (χ1) is 15.7. The van der Waals surface area contributed by atoms with Gasteiger partial charge < -0.3 is 19.0 Å². The molecule has 7 heteroatoms. The molecule has 0 spiro atoms. The molecule has 6 aromatic rings. The Morgan fingerprint density at radius 1 is 0.485 bits per heavy atom. The molecular formula is C26H18MgN2O4+2. The molecule has 33 heavy (non-hydrogen) atoms. The summed E-state index contributed by atoms with van der Waals surface area (Å²) < 4.78 is 11.2. The average molecular weight is 447 g/mol. The van der Waals surface area contributed by atoms with Crippen molar-refractivity contribution in [3.8, 4) is 34.4 Å². The molecule has 0 aliphatic heterocycles. The van der Waals surface area contributed by atoms with Crippen LogP contribution in [0.5, 0.6) is 11.5 Å². The molecule has 6 nitrogen and oxygen atoms in total. The van der Waals surface area contributed by atoms with E-state index in [4.69, 9.17) is 8.83 Å². The van der Waals surface area contributed by atoms with Crippen molar-refractivity contribution in [3.63, 3.8) is 0 Å². The second-order valence-corrected chi connectivity index (χ2v) is 7.10. The Morgan fingerprint density at radius 2 is 0.848 bits per heavy atom. The second kappa shape index (κ2) is 9.77. The quantitative estimate of drug-likeness (QED) is 0.379. The fourth-order valence-corrected chi connectivity index (χ4v) is 3.39. The number of fused-ring (bicyclic) bond motifs is 2. The van der Waals surface area contributed by atoms with E-state index >= 15 is 0 Å². The standard InChI is InChI=1S/2C13H9NO2.Mg/c2*15-11-7-3-1-5-9(11)13-14-10-6-2-4-8-12(10)16-13;/h2*1-8,15H;/q;;+2. The van der Waals surface area contributed by atoms with E-state index in [-0.39, 0.29) is 34.6 Å². The van der Waals surface area contributed by atoms with Crippen LogP contribution < -0.4 is 20.2 Å². The summed E-state index contributed by atoms with van der Waals surface area (Å²) in [6.07, 6.45) is 0. The van der Waals surface area contributed by atoms with Gasteiger partial charge in [-0.25, -0.2) is 0 Å². The number of rotatable bonds is 2. The Labute approximate surface area is 205 Å². The van der Waals surface area contributed by atoms with E-state index in [1.165, 1.54) is 12.1 Å². The number of nitrogens with one attached hydrogen (secondary N) is 2. The number of hydrogen-bond acceptors (Lipinski definition) is 4. The molecule has 0 unspecified atom stereocenters. The molecule has 0 aliphatic carbocycles. The number of para-hydroxylation sites is 6. The van der Waals surface area contributed by atoms with E-state index in [0.717, 1.165) is 22.2 Å². The largest absolute Gasteiger partial charge is 2.00 e. The van der Waals surface area contributed by atoms with Crippen LogP contribution in [0.2, 0.25) is 0 Å². The maximum atomic E-state index is 11.6. The summed E-state index contributed by atoms with van der Waals surface area (Å²) in [5.41, 5.74) is 4.39. The van der Waals surface area contributed by atoms with E-state index in [1.807, 2.05) is 60.7 Å². The Bertz CT molecular complexity index is 1340. The first-order valence-electron chi connectivity index (χ1n) is 10.0. The Kier molecular flexibility index (Phi) is 6.62. The summed E-state index contributed by atoms with van der Waals surface area (Å²) in [7, 11) is 0.